The lowest BCUT2D eigenvalue weighted by Gasteiger charge is -2.13. The van der Waals surface area contributed by atoms with Gasteiger partial charge in [0.2, 0.25) is 0 Å². The number of ether oxygens (including phenoxy) is 1. The van der Waals surface area contributed by atoms with Gasteiger partial charge in [0.15, 0.2) is 0 Å². The highest BCUT2D eigenvalue weighted by Gasteiger charge is 2.48. The van der Waals surface area contributed by atoms with Crippen molar-refractivity contribution in [3.8, 4) is 0 Å². The van der Waals surface area contributed by atoms with Crippen LogP contribution in [0.15, 0.2) is 0 Å². The second-order valence-electron chi connectivity index (χ2n) is 5.80. The Kier molecular flexibility index (Phi) is 4.66. The maximum absolute atomic E-state index is 5.25. The maximum atomic E-state index is 5.25. The first-order chi connectivity index (χ1) is 8.99. The molecular formula is C14H22IN3O. The lowest BCUT2D eigenvalue weighted by Crippen LogP contribution is -2.11. The van der Waals surface area contributed by atoms with Crippen LogP contribution in [-0.4, -0.2) is 23.6 Å². The molecule has 0 saturated heterocycles. The summed E-state index contributed by atoms with van der Waals surface area (Å²) in [6.45, 7) is 8.18. The predicted octanol–water partition coefficient (Wildman–Crippen LogP) is 3.56. The van der Waals surface area contributed by atoms with Crippen LogP contribution in [0.25, 0.3) is 0 Å². The van der Waals surface area contributed by atoms with Crippen LogP contribution in [-0.2, 0) is 11.3 Å². The van der Waals surface area contributed by atoms with Gasteiger partial charge in [0.05, 0.1) is 15.9 Å². The first kappa shape index (κ1) is 15.0. The van der Waals surface area contributed by atoms with Gasteiger partial charge in [0.25, 0.3) is 0 Å². The Balaban J connectivity index is 2.31. The van der Waals surface area contributed by atoms with E-state index in [1.165, 1.54) is 6.42 Å². The van der Waals surface area contributed by atoms with Crippen molar-refractivity contribution in [2.24, 2.45) is 5.41 Å². The molecule has 1 aromatic rings. The fourth-order valence-corrected chi connectivity index (χ4v) is 2.76. The predicted molar refractivity (Wildman–Crippen MR) is 85.4 cm³/mol. The summed E-state index contributed by atoms with van der Waals surface area (Å²) in [6.07, 6.45) is 2.26. The number of hydrogen-bond acceptors (Lipinski definition) is 4. The van der Waals surface area contributed by atoms with E-state index in [0.29, 0.717) is 17.9 Å². The molecule has 1 N–H and O–H groups in total. The maximum Gasteiger partial charge on any atom is 0.143 e. The van der Waals surface area contributed by atoms with Gasteiger partial charge < -0.3 is 10.1 Å². The van der Waals surface area contributed by atoms with Crippen molar-refractivity contribution < 1.29 is 4.74 Å². The zero-order valence-electron chi connectivity index (χ0n) is 12.1. The van der Waals surface area contributed by atoms with E-state index in [4.69, 9.17) is 14.7 Å². The third-order valence-electron chi connectivity index (χ3n) is 3.59. The van der Waals surface area contributed by atoms with Crippen LogP contribution in [0.4, 0.5) is 5.82 Å². The fraction of sp³-hybridized carbons (Fsp3) is 0.714. The minimum absolute atomic E-state index is 0.346. The summed E-state index contributed by atoms with van der Waals surface area (Å²) in [6, 6.07) is 0. The number of rotatable bonds is 6. The third kappa shape index (κ3) is 3.37. The summed E-state index contributed by atoms with van der Waals surface area (Å²) in [7, 11) is 1.71. The van der Waals surface area contributed by atoms with Gasteiger partial charge in [0.1, 0.15) is 11.6 Å². The van der Waals surface area contributed by atoms with Gasteiger partial charge in [-0.2, -0.15) is 0 Å². The molecule has 0 amide bonds. The molecule has 1 heterocycles. The first-order valence-electron chi connectivity index (χ1n) is 6.78. The molecule has 4 nitrogen and oxygen atoms in total. The lowest BCUT2D eigenvalue weighted by molar-refractivity contribution is 0.180. The van der Waals surface area contributed by atoms with E-state index in [0.717, 1.165) is 33.9 Å². The van der Waals surface area contributed by atoms with Crippen LogP contribution in [0.1, 0.15) is 51.0 Å². The zero-order chi connectivity index (χ0) is 14.0. The highest BCUT2D eigenvalue weighted by Crippen LogP contribution is 2.57. The summed E-state index contributed by atoms with van der Waals surface area (Å²) in [5.74, 6) is 2.42. The summed E-state index contributed by atoms with van der Waals surface area (Å²) in [5.41, 5.74) is 1.34. The van der Waals surface area contributed by atoms with E-state index in [1.807, 2.05) is 0 Å². The fourth-order valence-electron chi connectivity index (χ4n) is 2.17. The van der Waals surface area contributed by atoms with E-state index in [2.05, 4.69) is 48.7 Å². The molecule has 19 heavy (non-hydrogen) atoms. The Morgan fingerprint density at radius 1 is 1.42 bits per heavy atom. The Morgan fingerprint density at radius 2 is 2.11 bits per heavy atom. The first-order valence-corrected chi connectivity index (χ1v) is 7.86. The molecule has 1 fully saturated rings. The molecule has 1 aliphatic rings. The molecule has 0 aromatic carbocycles. The molecule has 0 aliphatic heterocycles. The van der Waals surface area contributed by atoms with Crippen molar-refractivity contribution in [1.82, 2.24) is 9.97 Å². The van der Waals surface area contributed by atoms with Crippen molar-refractivity contribution in [3.05, 3.63) is 15.1 Å². The molecule has 1 atom stereocenters. The summed E-state index contributed by atoms with van der Waals surface area (Å²) in [5, 5.41) is 3.40. The van der Waals surface area contributed by atoms with E-state index < -0.39 is 0 Å². The quantitative estimate of drug-likeness (QED) is 0.773. The number of anilines is 1. The molecule has 0 radical (unpaired) electrons. The van der Waals surface area contributed by atoms with Gasteiger partial charge >= 0.3 is 0 Å². The molecule has 106 valence electrons. The minimum Gasteiger partial charge on any atom is -0.378 e. The number of aromatic nitrogens is 2. The molecule has 1 aliphatic carbocycles. The molecule has 5 heteroatoms. The number of hydrogen-bond donors (Lipinski definition) is 1. The Bertz CT molecular complexity index is 462. The molecule has 1 aromatic heterocycles. The van der Waals surface area contributed by atoms with E-state index in [1.54, 1.807) is 7.11 Å². The molecule has 0 bridgehead atoms. The third-order valence-corrected chi connectivity index (χ3v) is 4.72. The highest BCUT2D eigenvalue weighted by molar-refractivity contribution is 14.1. The SMILES string of the molecule is CCCNc1nc(C2CC2(C)C)nc(COC)c1I. The molecule has 1 saturated carbocycles. The van der Waals surface area contributed by atoms with E-state index >= 15 is 0 Å². The zero-order valence-corrected chi connectivity index (χ0v) is 14.2. The number of halogens is 1. The Hall–Kier alpha value is -0.430. The highest BCUT2D eigenvalue weighted by atomic mass is 127. The van der Waals surface area contributed by atoms with E-state index in [9.17, 15) is 0 Å². The van der Waals surface area contributed by atoms with Crippen LogP contribution in [0.5, 0.6) is 0 Å². The van der Waals surface area contributed by atoms with Gasteiger partial charge in [-0.3, -0.25) is 0 Å². The summed E-state index contributed by atoms with van der Waals surface area (Å²) in [4.78, 5) is 9.43. The monoisotopic (exact) mass is 375 g/mol. The van der Waals surface area contributed by atoms with Crippen LogP contribution >= 0.6 is 22.6 Å². The number of nitrogens with zero attached hydrogens (tertiary/aromatic N) is 2. The lowest BCUT2D eigenvalue weighted by atomic mass is 10.1. The minimum atomic E-state index is 0.346. The van der Waals surface area contributed by atoms with Crippen LogP contribution < -0.4 is 5.32 Å². The standard InChI is InChI=1S/C14H22IN3O/c1-5-6-16-13-11(15)10(8-19-4)17-12(18-13)9-7-14(9,2)3/h9H,5-8H2,1-4H3,(H,16,17,18). The van der Waals surface area contributed by atoms with Crippen molar-refractivity contribution in [2.45, 2.75) is 46.1 Å². The molecule has 0 spiro atoms. The number of methoxy groups -OCH3 is 1. The second kappa shape index (κ2) is 5.91. The largest absolute Gasteiger partial charge is 0.378 e. The van der Waals surface area contributed by atoms with Crippen molar-refractivity contribution >= 4 is 28.4 Å². The summed E-state index contributed by atoms with van der Waals surface area (Å²) < 4.78 is 6.33. The van der Waals surface area contributed by atoms with Crippen LogP contribution in [0.2, 0.25) is 0 Å². The van der Waals surface area contributed by atoms with Crippen molar-refractivity contribution in [3.63, 3.8) is 0 Å². The van der Waals surface area contributed by atoms with Gasteiger partial charge in [-0.15, -0.1) is 0 Å². The molecule has 1 unspecified atom stereocenters. The van der Waals surface area contributed by atoms with Gasteiger partial charge in [-0.05, 0) is 40.8 Å². The van der Waals surface area contributed by atoms with Gasteiger partial charge in [0, 0.05) is 19.6 Å². The summed E-state index contributed by atoms with van der Waals surface area (Å²) >= 11 is 2.31. The average Bonchev–Trinajstić information content (AvgIpc) is 3.00. The Morgan fingerprint density at radius 3 is 2.63 bits per heavy atom. The molecule has 2 rings (SSSR count). The average molecular weight is 375 g/mol. The van der Waals surface area contributed by atoms with Crippen LogP contribution in [0.3, 0.4) is 0 Å². The van der Waals surface area contributed by atoms with Crippen LogP contribution in [0, 0.1) is 8.99 Å². The van der Waals surface area contributed by atoms with Gasteiger partial charge in [-0.1, -0.05) is 20.8 Å². The van der Waals surface area contributed by atoms with Gasteiger partial charge in [-0.25, -0.2) is 9.97 Å². The van der Waals surface area contributed by atoms with E-state index in [-0.39, 0.29) is 0 Å². The van der Waals surface area contributed by atoms with Crippen molar-refractivity contribution in [1.29, 1.82) is 0 Å². The number of nitrogens with one attached hydrogen (secondary N) is 1. The topological polar surface area (TPSA) is 47.0 Å². The Labute approximate surface area is 128 Å². The van der Waals surface area contributed by atoms with Crippen molar-refractivity contribution in [2.75, 3.05) is 19.0 Å². The molecular weight excluding hydrogens is 353 g/mol. The smallest absolute Gasteiger partial charge is 0.143 e. The second-order valence-corrected chi connectivity index (χ2v) is 6.87. The normalized spacial score (nSPS) is 20.4.